The molecular weight excluding hydrogens is 229 g/mol. The zero-order valence-corrected chi connectivity index (χ0v) is 10.4. The number of aryl methyl sites for hydroxylation is 1. The van der Waals surface area contributed by atoms with Gasteiger partial charge in [0.25, 0.3) is 0 Å². The predicted molar refractivity (Wildman–Crippen MR) is 60.6 cm³/mol. The maximum absolute atomic E-state index is 13.1. The number of aliphatic hydroxyl groups is 1. The Kier molecular flexibility index (Phi) is 3.32. The number of hydrogen-bond donors (Lipinski definition) is 1. The molecule has 0 aliphatic carbocycles. The van der Waals surface area contributed by atoms with Crippen molar-refractivity contribution in [3.63, 3.8) is 0 Å². The number of rotatable bonds is 1. The van der Waals surface area contributed by atoms with Gasteiger partial charge in [0.05, 0.1) is 0 Å². The van der Waals surface area contributed by atoms with Crippen LogP contribution in [-0.4, -0.2) is 11.3 Å². The Bertz CT molecular complexity index is 371. The van der Waals surface area contributed by atoms with E-state index in [0.717, 1.165) is 5.56 Å². The minimum Gasteiger partial charge on any atom is -0.376 e. The van der Waals surface area contributed by atoms with Crippen molar-refractivity contribution in [2.75, 3.05) is 0 Å². The minimum absolute atomic E-state index is 0.122. The molecule has 96 valence electrons. The van der Waals surface area contributed by atoms with Crippen LogP contribution in [0.4, 0.5) is 13.2 Å². The molecule has 0 bridgehead atoms. The first-order valence-electron chi connectivity index (χ1n) is 5.36. The molecule has 1 atom stereocenters. The second kappa shape index (κ2) is 4.02. The van der Waals surface area contributed by atoms with Gasteiger partial charge < -0.3 is 5.11 Å². The van der Waals surface area contributed by atoms with E-state index in [2.05, 4.69) is 0 Å². The van der Waals surface area contributed by atoms with Crippen LogP contribution in [0.1, 0.15) is 31.9 Å². The first-order valence-corrected chi connectivity index (χ1v) is 5.36. The zero-order valence-electron chi connectivity index (χ0n) is 10.4. The third-order valence-electron chi connectivity index (χ3n) is 2.96. The maximum Gasteiger partial charge on any atom is 0.421 e. The lowest BCUT2D eigenvalue weighted by atomic mass is 9.71. The highest BCUT2D eigenvalue weighted by Gasteiger charge is 2.61. The van der Waals surface area contributed by atoms with Crippen LogP contribution < -0.4 is 0 Å². The fourth-order valence-corrected chi connectivity index (χ4v) is 1.82. The normalized spacial score (nSPS) is 16.7. The lowest BCUT2D eigenvalue weighted by Crippen LogP contribution is -2.52. The van der Waals surface area contributed by atoms with Gasteiger partial charge in [0.1, 0.15) is 0 Å². The topological polar surface area (TPSA) is 20.2 Å². The molecule has 1 aromatic carbocycles. The molecule has 0 aliphatic heterocycles. The Balaban J connectivity index is 3.41. The number of hydrogen-bond acceptors (Lipinski definition) is 1. The van der Waals surface area contributed by atoms with Gasteiger partial charge in [0.15, 0.2) is 5.60 Å². The smallest absolute Gasteiger partial charge is 0.376 e. The van der Waals surface area contributed by atoms with Gasteiger partial charge in [-0.05, 0) is 12.5 Å². The Morgan fingerprint density at radius 1 is 0.941 bits per heavy atom. The van der Waals surface area contributed by atoms with E-state index >= 15 is 0 Å². The number of benzene rings is 1. The van der Waals surface area contributed by atoms with Gasteiger partial charge >= 0.3 is 6.18 Å². The summed E-state index contributed by atoms with van der Waals surface area (Å²) in [5.41, 5.74) is -3.44. The lowest BCUT2D eigenvalue weighted by Gasteiger charge is -2.41. The fraction of sp³-hybridized carbons (Fsp3) is 0.538. The highest BCUT2D eigenvalue weighted by atomic mass is 19.4. The second-order valence-corrected chi connectivity index (χ2v) is 5.32. The van der Waals surface area contributed by atoms with E-state index in [9.17, 15) is 18.3 Å². The van der Waals surface area contributed by atoms with Crippen LogP contribution in [-0.2, 0) is 5.60 Å². The summed E-state index contributed by atoms with van der Waals surface area (Å²) < 4.78 is 39.4. The van der Waals surface area contributed by atoms with E-state index in [1.54, 1.807) is 19.1 Å². The van der Waals surface area contributed by atoms with Crippen LogP contribution in [0.25, 0.3) is 0 Å². The molecule has 1 N–H and O–H groups in total. The molecule has 0 heterocycles. The molecular formula is C13H17F3O. The third kappa shape index (κ3) is 2.32. The van der Waals surface area contributed by atoms with Crippen molar-refractivity contribution in [2.45, 2.75) is 39.5 Å². The van der Waals surface area contributed by atoms with E-state index in [1.165, 1.54) is 32.9 Å². The van der Waals surface area contributed by atoms with Crippen molar-refractivity contribution in [3.8, 4) is 0 Å². The minimum atomic E-state index is -4.71. The maximum atomic E-state index is 13.1. The fourth-order valence-electron chi connectivity index (χ4n) is 1.82. The van der Waals surface area contributed by atoms with Gasteiger partial charge in [-0.3, -0.25) is 0 Å². The zero-order chi connectivity index (χ0) is 13.5. The predicted octanol–water partition coefficient (Wildman–Crippen LogP) is 3.79. The molecule has 1 nitrogen and oxygen atoms in total. The summed E-state index contributed by atoms with van der Waals surface area (Å²) in [4.78, 5) is 0. The van der Waals surface area contributed by atoms with E-state index in [-0.39, 0.29) is 5.56 Å². The van der Waals surface area contributed by atoms with Crippen LogP contribution in [0.5, 0.6) is 0 Å². The first kappa shape index (κ1) is 14.0. The Morgan fingerprint density at radius 2 is 1.35 bits per heavy atom. The summed E-state index contributed by atoms with van der Waals surface area (Å²) >= 11 is 0. The van der Waals surface area contributed by atoms with Gasteiger partial charge in [-0.2, -0.15) is 13.2 Å². The van der Waals surface area contributed by atoms with Gasteiger partial charge in [0.2, 0.25) is 0 Å². The molecule has 1 aromatic rings. The van der Waals surface area contributed by atoms with Crippen molar-refractivity contribution in [3.05, 3.63) is 35.4 Å². The van der Waals surface area contributed by atoms with Crippen LogP contribution >= 0.6 is 0 Å². The van der Waals surface area contributed by atoms with Crippen molar-refractivity contribution in [1.82, 2.24) is 0 Å². The standard InChI is InChI=1S/C13H17F3O/c1-9-5-7-10(8-6-9)12(17,11(2,3)4)13(14,15)16/h5-8,17H,1-4H3. The molecule has 0 aliphatic rings. The Labute approximate surface area is 99.3 Å². The van der Waals surface area contributed by atoms with Gasteiger partial charge in [-0.15, -0.1) is 0 Å². The lowest BCUT2D eigenvalue weighted by molar-refractivity contribution is -0.302. The molecule has 0 saturated heterocycles. The van der Waals surface area contributed by atoms with Crippen molar-refractivity contribution in [2.24, 2.45) is 5.41 Å². The van der Waals surface area contributed by atoms with Crippen LogP contribution in [0.15, 0.2) is 24.3 Å². The summed E-state index contributed by atoms with van der Waals surface area (Å²) in [5, 5.41) is 10.1. The molecule has 0 saturated carbocycles. The van der Waals surface area contributed by atoms with Crippen molar-refractivity contribution < 1.29 is 18.3 Å². The average Bonchev–Trinajstić information content (AvgIpc) is 2.14. The van der Waals surface area contributed by atoms with E-state index in [0.29, 0.717) is 0 Å². The SMILES string of the molecule is Cc1ccc(C(O)(C(C)(C)C)C(F)(F)F)cc1. The second-order valence-electron chi connectivity index (χ2n) is 5.32. The molecule has 4 heteroatoms. The van der Waals surface area contributed by atoms with Gasteiger partial charge in [0, 0.05) is 5.41 Å². The van der Waals surface area contributed by atoms with E-state index in [4.69, 9.17) is 0 Å². The van der Waals surface area contributed by atoms with Crippen LogP contribution in [0, 0.1) is 12.3 Å². The van der Waals surface area contributed by atoms with Crippen molar-refractivity contribution in [1.29, 1.82) is 0 Å². The highest BCUT2D eigenvalue weighted by molar-refractivity contribution is 5.29. The quantitative estimate of drug-likeness (QED) is 0.799. The molecule has 0 aromatic heterocycles. The summed E-state index contributed by atoms with van der Waals surface area (Å²) in [7, 11) is 0. The first-order chi connectivity index (χ1) is 7.50. The van der Waals surface area contributed by atoms with Gasteiger partial charge in [-0.1, -0.05) is 50.6 Å². The van der Waals surface area contributed by atoms with Crippen LogP contribution in [0.3, 0.4) is 0 Å². The van der Waals surface area contributed by atoms with Crippen LogP contribution in [0.2, 0.25) is 0 Å². The van der Waals surface area contributed by atoms with E-state index in [1.807, 2.05) is 0 Å². The summed E-state index contributed by atoms with van der Waals surface area (Å²) in [6.45, 7) is 5.91. The van der Waals surface area contributed by atoms with Gasteiger partial charge in [-0.25, -0.2) is 0 Å². The number of halogens is 3. The molecule has 0 spiro atoms. The van der Waals surface area contributed by atoms with E-state index < -0.39 is 17.2 Å². The summed E-state index contributed by atoms with van der Waals surface area (Å²) in [6, 6.07) is 5.79. The summed E-state index contributed by atoms with van der Waals surface area (Å²) in [5.74, 6) is 0. The Hall–Kier alpha value is -1.03. The average molecular weight is 246 g/mol. The molecule has 17 heavy (non-hydrogen) atoms. The molecule has 1 rings (SSSR count). The molecule has 1 unspecified atom stereocenters. The highest BCUT2D eigenvalue weighted by Crippen LogP contribution is 2.50. The number of alkyl halides is 3. The largest absolute Gasteiger partial charge is 0.421 e. The summed E-state index contributed by atoms with van der Waals surface area (Å²) in [6.07, 6.45) is -4.71. The van der Waals surface area contributed by atoms with Crippen molar-refractivity contribution >= 4 is 0 Å². The molecule has 0 radical (unpaired) electrons. The monoisotopic (exact) mass is 246 g/mol. The third-order valence-corrected chi connectivity index (χ3v) is 2.96. The Morgan fingerprint density at radius 3 is 1.65 bits per heavy atom. The molecule has 0 fully saturated rings. The molecule has 0 amide bonds.